The number of nitrogens with zero attached hydrogens (tertiary/aromatic N) is 2. The van der Waals surface area contributed by atoms with Gasteiger partial charge in [-0.25, -0.2) is 4.98 Å². The standard InChI is InChI=1S/C9H13BrN4OS/c1-5(3-6(11)16)14(2)8-7(10)9(15)13-4-12-8/h4-5H,3H2,1-2H3,(H2,11,16)(H,12,13,15). The molecule has 1 heterocycles. The molecule has 0 bridgehead atoms. The number of anilines is 1. The van der Waals surface area contributed by atoms with Gasteiger partial charge in [-0.1, -0.05) is 12.2 Å². The summed E-state index contributed by atoms with van der Waals surface area (Å²) in [5.41, 5.74) is 5.27. The molecule has 1 rings (SSSR count). The van der Waals surface area contributed by atoms with Crippen LogP contribution < -0.4 is 16.2 Å². The molecule has 3 N–H and O–H groups in total. The summed E-state index contributed by atoms with van der Waals surface area (Å²) in [6.45, 7) is 1.97. The van der Waals surface area contributed by atoms with Gasteiger partial charge in [0.15, 0.2) is 0 Å². The van der Waals surface area contributed by atoms with Crippen LogP contribution in [-0.4, -0.2) is 28.0 Å². The molecule has 0 amide bonds. The molecule has 0 saturated carbocycles. The van der Waals surface area contributed by atoms with E-state index in [-0.39, 0.29) is 11.6 Å². The number of hydrogen-bond donors (Lipinski definition) is 2. The quantitative estimate of drug-likeness (QED) is 0.813. The molecule has 0 aliphatic rings. The van der Waals surface area contributed by atoms with Crippen molar-refractivity contribution < 1.29 is 0 Å². The normalized spacial score (nSPS) is 12.2. The van der Waals surface area contributed by atoms with E-state index in [4.69, 9.17) is 18.0 Å². The van der Waals surface area contributed by atoms with E-state index in [9.17, 15) is 4.79 Å². The van der Waals surface area contributed by atoms with Crippen LogP contribution in [0.1, 0.15) is 13.3 Å². The van der Waals surface area contributed by atoms with E-state index in [0.29, 0.717) is 21.7 Å². The van der Waals surface area contributed by atoms with Crippen LogP contribution >= 0.6 is 28.1 Å². The monoisotopic (exact) mass is 304 g/mol. The molecule has 7 heteroatoms. The van der Waals surface area contributed by atoms with E-state index in [1.54, 1.807) is 0 Å². The van der Waals surface area contributed by atoms with Crippen molar-refractivity contribution in [1.29, 1.82) is 0 Å². The van der Waals surface area contributed by atoms with Gasteiger partial charge in [-0.15, -0.1) is 0 Å². The maximum atomic E-state index is 11.4. The summed E-state index contributed by atoms with van der Waals surface area (Å²) in [6, 6.07) is 0.0862. The van der Waals surface area contributed by atoms with E-state index in [2.05, 4.69) is 25.9 Å². The number of nitrogens with one attached hydrogen (secondary N) is 1. The van der Waals surface area contributed by atoms with Crippen LogP contribution in [0.25, 0.3) is 0 Å². The Hall–Kier alpha value is -0.950. The summed E-state index contributed by atoms with van der Waals surface area (Å²) >= 11 is 8.05. The zero-order valence-corrected chi connectivity index (χ0v) is 11.4. The molecular weight excluding hydrogens is 292 g/mol. The number of thiocarbonyl (C=S) groups is 1. The number of hydrogen-bond acceptors (Lipinski definition) is 4. The molecule has 1 aromatic rings. The highest BCUT2D eigenvalue weighted by atomic mass is 79.9. The third kappa shape index (κ3) is 3.02. The fourth-order valence-corrected chi connectivity index (χ4v) is 1.99. The summed E-state index contributed by atoms with van der Waals surface area (Å²) in [4.78, 5) is 20.3. The van der Waals surface area contributed by atoms with Crippen molar-refractivity contribution in [1.82, 2.24) is 9.97 Å². The second-order valence-corrected chi connectivity index (χ2v) is 4.82. The van der Waals surface area contributed by atoms with Crippen molar-refractivity contribution in [2.45, 2.75) is 19.4 Å². The molecule has 1 unspecified atom stereocenters. The largest absolute Gasteiger partial charge is 0.393 e. The van der Waals surface area contributed by atoms with Gasteiger partial charge in [0.25, 0.3) is 5.56 Å². The Morgan fingerprint density at radius 3 is 3.00 bits per heavy atom. The van der Waals surface area contributed by atoms with Crippen molar-refractivity contribution in [3.63, 3.8) is 0 Å². The summed E-state index contributed by atoms with van der Waals surface area (Å²) < 4.78 is 0.410. The van der Waals surface area contributed by atoms with Crippen LogP contribution in [0, 0.1) is 0 Å². The Balaban J connectivity index is 2.96. The lowest BCUT2D eigenvalue weighted by atomic mass is 10.2. The first-order chi connectivity index (χ1) is 7.43. The predicted molar refractivity (Wildman–Crippen MR) is 71.8 cm³/mol. The minimum atomic E-state index is -0.209. The lowest BCUT2D eigenvalue weighted by Gasteiger charge is -2.25. The van der Waals surface area contributed by atoms with Crippen molar-refractivity contribution in [2.75, 3.05) is 11.9 Å². The molecule has 0 fully saturated rings. The van der Waals surface area contributed by atoms with Gasteiger partial charge < -0.3 is 15.6 Å². The average molecular weight is 305 g/mol. The summed E-state index contributed by atoms with van der Waals surface area (Å²) in [5.74, 6) is 0.576. The molecule has 16 heavy (non-hydrogen) atoms. The lowest BCUT2D eigenvalue weighted by molar-refractivity contribution is 0.701. The van der Waals surface area contributed by atoms with Crippen LogP contribution in [0.3, 0.4) is 0 Å². The molecule has 1 atom stereocenters. The first kappa shape index (κ1) is 13.1. The number of H-pyrrole nitrogens is 1. The van der Waals surface area contributed by atoms with Gasteiger partial charge in [-0.2, -0.15) is 0 Å². The molecule has 88 valence electrons. The first-order valence-electron chi connectivity index (χ1n) is 4.67. The van der Waals surface area contributed by atoms with E-state index in [1.807, 2.05) is 18.9 Å². The minimum absolute atomic E-state index is 0.0862. The summed E-state index contributed by atoms with van der Waals surface area (Å²) in [6.07, 6.45) is 1.94. The number of halogens is 1. The smallest absolute Gasteiger partial charge is 0.267 e. The van der Waals surface area contributed by atoms with Gasteiger partial charge in [0.2, 0.25) is 0 Å². The van der Waals surface area contributed by atoms with Gasteiger partial charge in [-0.05, 0) is 22.9 Å². The fraction of sp³-hybridized carbons (Fsp3) is 0.444. The van der Waals surface area contributed by atoms with Gasteiger partial charge in [0.1, 0.15) is 10.3 Å². The number of rotatable bonds is 4. The van der Waals surface area contributed by atoms with E-state index in [1.165, 1.54) is 6.33 Å². The molecule has 0 spiro atoms. The SMILES string of the molecule is CC(CC(N)=S)N(C)c1nc[nH]c(=O)c1Br. The lowest BCUT2D eigenvalue weighted by Crippen LogP contribution is -2.34. The van der Waals surface area contributed by atoms with Crippen LogP contribution in [-0.2, 0) is 0 Å². The number of aromatic nitrogens is 2. The minimum Gasteiger partial charge on any atom is -0.393 e. The second-order valence-electron chi connectivity index (χ2n) is 3.50. The molecule has 0 saturated heterocycles. The van der Waals surface area contributed by atoms with Crippen LogP contribution in [0.2, 0.25) is 0 Å². The highest BCUT2D eigenvalue weighted by Crippen LogP contribution is 2.20. The van der Waals surface area contributed by atoms with Gasteiger partial charge in [0, 0.05) is 19.5 Å². The molecule has 5 nitrogen and oxygen atoms in total. The van der Waals surface area contributed by atoms with Crippen molar-refractivity contribution in [2.24, 2.45) is 5.73 Å². The molecular formula is C9H13BrN4OS. The second kappa shape index (κ2) is 5.40. The Labute approximate surface area is 107 Å². The highest BCUT2D eigenvalue weighted by Gasteiger charge is 2.16. The Morgan fingerprint density at radius 2 is 2.44 bits per heavy atom. The number of nitrogens with two attached hydrogens (primary N) is 1. The van der Waals surface area contributed by atoms with Gasteiger partial charge in [-0.3, -0.25) is 4.79 Å². The average Bonchev–Trinajstić information content (AvgIpc) is 2.20. The zero-order chi connectivity index (χ0) is 12.3. The van der Waals surface area contributed by atoms with E-state index < -0.39 is 0 Å². The van der Waals surface area contributed by atoms with Gasteiger partial charge in [0.05, 0.1) is 11.3 Å². The topological polar surface area (TPSA) is 75.0 Å². The fourth-order valence-electron chi connectivity index (χ4n) is 1.26. The van der Waals surface area contributed by atoms with Crippen molar-refractivity contribution >= 4 is 39.0 Å². The maximum absolute atomic E-state index is 11.4. The van der Waals surface area contributed by atoms with Gasteiger partial charge >= 0.3 is 0 Å². The third-order valence-electron chi connectivity index (χ3n) is 2.27. The van der Waals surface area contributed by atoms with E-state index in [0.717, 1.165) is 0 Å². The first-order valence-corrected chi connectivity index (χ1v) is 5.88. The molecule has 1 aromatic heterocycles. The Kier molecular flexibility index (Phi) is 4.43. The summed E-state index contributed by atoms with van der Waals surface area (Å²) in [7, 11) is 1.84. The van der Waals surface area contributed by atoms with Crippen LogP contribution in [0.15, 0.2) is 15.6 Å². The third-order valence-corrected chi connectivity index (χ3v) is 3.15. The molecule has 0 aromatic carbocycles. The van der Waals surface area contributed by atoms with Crippen molar-refractivity contribution in [3.05, 3.63) is 21.2 Å². The van der Waals surface area contributed by atoms with Crippen LogP contribution in [0.5, 0.6) is 0 Å². The Morgan fingerprint density at radius 1 is 1.81 bits per heavy atom. The molecule has 0 aliphatic carbocycles. The predicted octanol–water partition coefficient (Wildman–Crippen LogP) is 1.03. The Bertz CT molecular complexity index is 447. The molecule has 0 aliphatic heterocycles. The molecule has 0 radical (unpaired) electrons. The zero-order valence-electron chi connectivity index (χ0n) is 9.03. The highest BCUT2D eigenvalue weighted by molar-refractivity contribution is 9.10. The van der Waals surface area contributed by atoms with E-state index >= 15 is 0 Å². The van der Waals surface area contributed by atoms with Crippen LogP contribution in [0.4, 0.5) is 5.82 Å². The number of aromatic amines is 1. The maximum Gasteiger partial charge on any atom is 0.267 e. The van der Waals surface area contributed by atoms with Crippen molar-refractivity contribution in [3.8, 4) is 0 Å². The summed E-state index contributed by atoms with van der Waals surface area (Å²) in [5, 5.41) is 0.